The second-order valence-electron chi connectivity index (χ2n) is 8.21. The number of piperazine rings is 1. The normalized spacial score (nSPS) is 15.2. The maximum atomic E-state index is 13.2. The molecule has 30 heavy (non-hydrogen) atoms. The van der Waals surface area contributed by atoms with E-state index in [9.17, 15) is 4.79 Å². The molecule has 0 saturated carbocycles. The number of carbonyl (C=O) groups is 1. The van der Waals surface area contributed by atoms with Gasteiger partial charge >= 0.3 is 0 Å². The largest absolute Gasteiger partial charge is 0.360 e. The van der Waals surface area contributed by atoms with Gasteiger partial charge in [-0.2, -0.15) is 0 Å². The van der Waals surface area contributed by atoms with Gasteiger partial charge in [-0.15, -0.1) is 0 Å². The van der Waals surface area contributed by atoms with E-state index in [-0.39, 0.29) is 17.9 Å². The van der Waals surface area contributed by atoms with Crippen molar-refractivity contribution in [3.05, 3.63) is 88.8 Å². The first kappa shape index (κ1) is 20.4. The van der Waals surface area contributed by atoms with Crippen LogP contribution in [0.5, 0.6) is 0 Å². The third-order valence-corrected chi connectivity index (χ3v) is 5.82. The first-order valence-corrected chi connectivity index (χ1v) is 10.7. The minimum Gasteiger partial charge on any atom is -0.360 e. The average Bonchev–Trinajstić information content (AvgIpc) is 3.17. The topological polar surface area (TPSA) is 49.6 Å². The van der Waals surface area contributed by atoms with E-state index in [1.54, 1.807) is 0 Å². The molecule has 0 spiro atoms. The van der Waals surface area contributed by atoms with Crippen LogP contribution >= 0.6 is 0 Å². The monoisotopic (exact) mass is 403 g/mol. The van der Waals surface area contributed by atoms with Crippen molar-refractivity contribution in [2.45, 2.75) is 32.7 Å². The summed E-state index contributed by atoms with van der Waals surface area (Å²) in [4.78, 5) is 17.6. The SMILES string of the molecule is Cc1noc(C(C)C)c1C(=O)N1CCN(C(c2ccccc2)c2ccccc2)CC1. The summed E-state index contributed by atoms with van der Waals surface area (Å²) in [7, 11) is 0. The predicted molar refractivity (Wildman–Crippen MR) is 118 cm³/mol. The Kier molecular flexibility index (Phi) is 6.00. The van der Waals surface area contributed by atoms with E-state index in [0.717, 1.165) is 13.1 Å². The molecule has 3 aromatic rings. The molecule has 1 fully saturated rings. The zero-order valence-electron chi connectivity index (χ0n) is 17.9. The lowest BCUT2D eigenvalue weighted by molar-refractivity contribution is 0.0594. The molecule has 0 atom stereocenters. The molecule has 5 heteroatoms. The van der Waals surface area contributed by atoms with Crippen LogP contribution in [0.25, 0.3) is 0 Å². The predicted octanol–water partition coefficient (Wildman–Crippen LogP) is 4.65. The molecule has 0 unspecified atom stereocenters. The molecule has 0 radical (unpaired) electrons. The fraction of sp³-hybridized carbons (Fsp3) is 0.360. The van der Waals surface area contributed by atoms with E-state index in [1.807, 2.05) is 25.7 Å². The van der Waals surface area contributed by atoms with Crippen LogP contribution in [0.2, 0.25) is 0 Å². The summed E-state index contributed by atoms with van der Waals surface area (Å²) in [6.45, 7) is 8.93. The smallest absolute Gasteiger partial charge is 0.259 e. The van der Waals surface area contributed by atoms with Crippen molar-refractivity contribution >= 4 is 5.91 Å². The molecule has 0 aliphatic carbocycles. The van der Waals surface area contributed by atoms with Crippen LogP contribution in [-0.2, 0) is 0 Å². The number of nitrogens with zero attached hydrogens (tertiary/aromatic N) is 3. The molecule has 1 aliphatic rings. The molecular weight excluding hydrogens is 374 g/mol. The van der Waals surface area contributed by atoms with Gasteiger partial charge in [0.15, 0.2) is 5.76 Å². The number of aryl methyl sites for hydroxylation is 1. The quantitative estimate of drug-likeness (QED) is 0.622. The third kappa shape index (κ3) is 4.03. The summed E-state index contributed by atoms with van der Waals surface area (Å²) in [5, 5.41) is 4.04. The molecule has 1 aromatic heterocycles. The van der Waals surface area contributed by atoms with E-state index in [2.05, 4.69) is 70.7 Å². The molecule has 5 nitrogen and oxygen atoms in total. The Morgan fingerprint density at radius 1 is 0.900 bits per heavy atom. The second kappa shape index (κ2) is 8.84. The van der Waals surface area contributed by atoms with Crippen molar-refractivity contribution in [2.24, 2.45) is 0 Å². The number of hydrogen-bond donors (Lipinski definition) is 0. The Labute approximate surface area is 178 Å². The van der Waals surface area contributed by atoms with Gasteiger partial charge in [-0.1, -0.05) is 79.7 Å². The first-order chi connectivity index (χ1) is 14.6. The van der Waals surface area contributed by atoms with Gasteiger partial charge in [-0.05, 0) is 18.1 Å². The molecule has 2 heterocycles. The fourth-order valence-corrected chi connectivity index (χ4v) is 4.27. The highest BCUT2D eigenvalue weighted by molar-refractivity contribution is 5.96. The van der Waals surface area contributed by atoms with Crippen molar-refractivity contribution in [3.8, 4) is 0 Å². The highest BCUT2D eigenvalue weighted by Gasteiger charge is 2.31. The molecule has 1 amide bonds. The molecule has 1 saturated heterocycles. The first-order valence-electron chi connectivity index (χ1n) is 10.7. The van der Waals surface area contributed by atoms with Crippen LogP contribution in [0.15, 0.2) is 65.2 Å². The van der Waals surface area contributed by atoms with Crippen LogP contribution in [0, 0.1) is 6.92 Å². The maximum Gasteiger partial charge on any atom is 0.259 e. The van der Waals surface area contributed by atoms with Crippen molar-refractivity contribution in [2.75, 3.05) is 26.2 Å². The number of aromatic nitrogens is 1. The zero-order valence-corrected chi connectivity index (χ0v) is 17.9. The fourth-order valence-electron chi connectivity index (χ4n) is 4.27. The Bertz CT molecular complexity index is 935. The lowest BCUT2D eigenvalue weighted by atomic mass is 9.96. The molecule has 0 N–H and O–H groups in total. The third-order valence-electron chi connectivity index (χ3n) is 5.82. The zero-order chi connectivity index (χ0) is 21.1. The number of hydrogen-bond acceptors (Lipinski definition) is 4. The minimum atomic E-state index is 0.0353. The summed E-state index contributed by atoms with van der Waals surface area (Å²) in [5.41, 5.74) is 3.87. The molecule has 4 rings (SSSR count). The number of carbonyl (C=O) groups excluding carboxylic acids is 1. The summed E-state index contributed by atoms with van der Waals surface area (Å²) >= 11 is 0. The van der Waals surface area contributed by atoms with Gasteiger partial charge in [-0.25, -0.2) is 0 Å². The van der Waals surface area contributed by atoms with Gasteiger partial charge in [0, 0.05) is 32.1 Å². The lowest BCUT2D eigenvalue weighted by Crippen LogP contribution is -2.50. The second-order valence-corrected chi connectivity index (χ2v) is 8.21. The van der Waals surface area contributed by atoms with Gasteiger partial charge in [0.25, 0.3) is 5.91 Å². The maximum absolute atomic E-state index is 13.2. The Hall–Kier alpha value is -2.92. The summed E-state index contributed by atoms with van der Waals surface area (Å²) < 4.78 is 5.44. The van der Waals surface area contributed by atoms with Crippen molar-refractivity contribution < 1.29 is 9.32 Å². The van der Waals surface area contributed by atoms with Crippen molar-refractivity contribution in [1.29, 1.82) is 0 Å². The van der Waals surface area contributed by atoms with Crippen molar-refractivity contribution in [1.82, 2.24) is 15.0 Å². The molecule has 1 aliphatic heterocycles. The Balaban J connectivity index is 1.53. The van der Waals surface area contributed by atoms with Gasteiger partial charge in [0.2, 0.25) is 0 Å². The molecule has 2 aromatic carbocycles. The van der Waals surface area contributed by atoms with E-state index in [0.29, 0.717) is 30.1 Å². The van der Waals surface area contributed by atoms with Crippen LogP contribution in [-0.4, -0.2) is 47.0 Å². The van der Waals surface area contributed by atoms with Gasteiger partial charge < -0.3 is 9.42 Å². The highest BCUT2D eigenvalue weighted by Crippen LogP contribution is 2.30. The Morgan fingerprint density at radius 3 is 1.93 bits per heavy atom. The summed E-state index contributed by atoms with van der Waals surface area (Å²) in [6, 6.07) is 21.4. The van der Waals surface area contributed by atoms with Crippen LogP contribution < -0.4 is 0 Å². The van der Waals surface area contributed by atoms with E-state index in [4.69, 9.17) is 4.52 Å². The van der Waals surface area contributed by atoms with Crippen LogP contribution in [0.1, 0.15) is 58.7 Å². The Morgan fingerprint density at radius 2 is 1.43 bits per heavy atom. The van der Waals surface area contributed by atoms with E-state index in [1.165, 1.54) is 11.1 Å². The lowest BCUT2D eigenvalue weighted by Gasteiger charge is -2.39. The van der Waals surface area contributed by atoms with E-state index >= 15 is 0 Å². The van der Waals surface area contributed by atoms with Crippen molar-refractivity contribution in [3.63, 3.8) is 0 Å². The minimum absolute atomic E-state index is 0.0353. The molecule has 156 valence electrons. The summed E-state index contributed by atoms with van der Waals surface area (Å²) in [6.07, 6.45) is 0. The van der Waals surface area contributed by atoms with Crippen LogP contribution in [0.4, 0.5) is 0 Å². The molecule has 0 bridgehead atoms. The van der Waals surface area contributed by atoms with Gasteiger partial charge in [-0.3, -0.25) is 9.69 Å². The number of benzene rings is 2. The van der Waals surface area contributed by atoms with Gasteiger partial charge in [0.05, 0.1) is 11.7 Å². The summed E-state index contributed by atoms with van der Waals surface area (Å²) in [5.74, 6) is 0.853. The van der Waals surface area contributed by atoms with Crippen LogP contribution in [0.3, 0.4) is 0 Å². The average molecular weight is 404 g/mol. The van der Waals surface area contributed by atoms with E-state index < -0.39 is 0 Å². The number of amides is 1. The standard InChI is InChI=1S/C25H29N3O2/c1-18(2)24-22(19(3)26-30-24)25(29)28-16-14-27(15-17-28)23(20-10-6-4-7-11-20)21-12-8-5-9-13-21/h4-13,18,23H,14-17H2,1-3H3. The number of rotatable bonds is 5. The highest BCUT2D eigenvalue weighted by atomic mass is 16.5. The molecular formula is C25H29N3O2. The van der Waals surface area contributed by atoms with Gasteiger partial charge in [0.1, 0.15) is 5.56 Å².